The number of halogens is 1. The second kappa shape index (κ2) is 6.37. The van der Waals surface area contributed by atoms with Gasteiger partial charge >= 0.3 is 0 Å². The molecule has 1 aromatic carbocycles. The zero-order chi connectivity index (χ0) is 16.4. The summed E-state index contributed by atoms with van der Waals surface area (Å²) in [6.45, 7) is 3.04. The van der Waals surface area contributed by atoms with Gasteiger partial charge in [-0.3, -0.25) is 0 Å². The Bertz CT molecular complexity index is 790. The normalized spacial score (nSPS) is 19.8. The highest BCUT2D eigenvalue weighted by molar-refractivity contribution is 7.89. The summed E-state index contributed by atoms with van der Waals surface area (Å²) in [5, 5.41) is 8.02. The highest BCUT2D eigenvalue weighted by Crippen LogP contribution is 2.34. The first-order chi connectivity index (χ1) is 11.0. The summed E-state index contributed by atoms with van der Waals surface area (Å²) in [6, 6.07) is 4.77. The maximum absolute atomic E-state index is 13.4. The Labute approximate surface area is 135 Å². The Morgan fingerprint density at radius 2 is 2.17 bits per heavy atom. The minimum absolute atomic E-state index is 0.0213. The van der Waals surface area contributed by atoms with Gasteiger partial charge in [0.05, 0.1) is 10.9 Å². The number of aryl methyl sites for hydroxylation is 1. The third-order valence-electron chi connectivity index (χ3n) is 4.14. The van der Waals surface area contributed by atoms with Crippen LogP contribution in [-0.2, 0) is 16.6 Å². The van der Waals surface area contributed by atoms with Gasteiger partial charge in [-0.25, -0.2) is 12.8 Å². The number of benzene rings is 1. The molecule has 1 atom stereocenters. The largest absolute Gasteiger partial charge is 0.317 e. The summed E-state index contributed by atoms with van der Waals surface area (Å²) in [4.78, 5) is -0.0213. The Morgan fingerprint density at radius 3 is 2.91 bits per heavy atom. The Morgan fingerprint density at radius 1 is 1.35 bits per heavy atom. The van der Waals surface area contributed by atoms with Crippen LogP contribution >= 0.6 is 0 Å². The standard InChI is InChI=1S/C15H19FN4O2S/c1-2-19-11-17-18-15(19)14-8-3-4-9-20(14)23(21,22)13-7-5-6-12(16)10-13/h5-7,10-11,14H,2-4,8-9H2,1H3/t14-/m0/s1. The molecule has 0 N–H and O–H groups in total. The second-order valence-electron chi connectivity index (χ2n) is 5.56. The van der Waals surface area contributed by atoms with E-state index in [1.165, 1.54) is 22.5 Å². The van der Waals surface area contributed by atoms with E-state index in [-0.39, 0.29) is 10.9 Å². The van der Waals surface area contributed by atoms with Crippen LogP contribution in [0.5, 0.6) is 0 Å². The van der Waals surface area contributed by atoms with Crippen LogP contribution in [0.15, 0.2) is 35.5 Å². The number of rotatable bonds is 4. The zero-order valence-corrected chi connectivity index (χ0v) is 13.7. The molecule has 0 aliphatic carbocycles. The van der Waals surface area contributed by atoms with Gasteiger partial charge in [0.25, 0.3) is 0 Å². The van der Waals surface area contributed by atoms with E-state index in [0.29, 0.717) is 25.3 Å². The summed E-state index contributed by atoms with van der Waals surface area (Å²) in [5.74, 6) is 0.0866. The Hall–Kier alpha value is -1.80. The number of hydrogen-bond donors (Lipinski definition) is 0. The predicted molar refractivity (Wildman–Crippen MR) is 82.6 cm³/mol. The van der Waals surface area contributed by atoms with Crippen LogP contribution in [0, 0.1) is 5.82 Å². The van der Waals surface area contributed by atoms with E-state index in [1.807, 2.05) is 11.5 Å². The van der Waals surface area contributed by atoms with Crippen LogP contribution in [0.4, 0.5) is 4.39 Å². The lowest BCUT2D eigenvalue weighted by Crippen LogP contribution is -2.39. The molecule has 0 radical (unpaired) electrons. The van der Waals surface area contributed by atoms with Gasteiger partial charge in [0.15, 0.2) is 5.82 Å². The minimum Gasteiger partial charge on any atom is -0.317 e. The molecule has 124 valence electrons. The summed E-state index contributed by atoms with van der Waals surface area (Å²) >= 11 is 0. The molecule has 1 aliphatic rings. The van der Waals surface area contributed by atoms with Crippen molar-refractivity contribution in [3.8, 4) is 0 Å². The lowest BCUT2D eigenvalue weighted by atomic mass is 10.0. The molecule has 0 bridgehead atoms. The maximum atomic E-state index is 13.4. The van der Waals surface area contributed by atoms with E-state index in [1.54, 1.807) is 6.33 Å². The van der Waals surface area contributed by atoms with Crippen molar-refractivity contribution >= 4 is 10.0 Å². The second-order valence-corrected chi connectivity index (χ2v) is 7.45. The first kappa shape index (κ1) is 16.1. The van der Waals surface area contributed by atoms with Crippen molar-refractivity contribution in [2.24, 2.45) is 0 Å². The van der Waals surface area contributed by atoms with E-state index >= 15 is 0 Å². The summed E-state index contributed by atoms with van der Waals surface area (Å²) in [6.07, 6.45) is 4.01. The minimum atomic E-state index is -3.77. The lowest BCUT2D eigenvalue weighted by Gasteiger charge is -2.34. The predicted octanol–water partition coefficient (Wildman–Crippen LogP) is 2.35. The fraction of sp³-hybridized carbons (Fsp3) is 0.467. The van der Waals surface area contributed by atoms with Gasteiger partial charge in [-0.15, -0.1) is 10.2 Å². The van der Waals surface area contributed by atoms with Crippen molar-refractivity contribution in [1.82, 2.24) is 19.1 Å². The quantitative estimate of drug-likeness (QED) is 0.858. The molecular formula is C15H19FN4O2S. The average Bonchev–Trinajstić information content (AvgIpc) is 3.03. The van der Waals surface area contributed by atoms with Crippen molar-refractivity contribution in [3.05, 3.63) is 42.2 Å². The first-order valence-electron chi connectivity index (χ1n) is 7.69. The maximum Gasteiger partial charge on any atom is 0.243 e. The molecule has 0 saturated carbocycles. The van der Waals surface area contributed by atoms with Crippen LogP contribution in [0.3, 0.4) is 0 Å². The average molecular weight is 338 g/mol. The van der Waals surface area contributed by atoms with Gasteiger partial charge in [0, 0.05) is 13.1 Å². The van der Waals surface area contributed by atoms with Crippen LogP contribution in [0.2, 0.25) is 0 Å². The van der Waals surface area contributed by atoms with Crippen molar-refractivity contribution in [2.45, 2.75) is 43.7 Å². The van der Waals surface area contributed by atoms with Gasteiger partial charge < -0.3 is 4.57 Å². The molecular weight excluding hydrogens is 319 g/mol. The van der Waals surface area contributed by atoms with Gasteiger partial charge in [-0.2, -0.15) is 4.31 Å². The third-order valence-corrected chi connectivity index (χ3v) is 6.04. The van der Waals surface area contributed by atoms with Gasteiger partial charge in [0.2, 0.25) is 10.0 Å². The smallest absolute Gasteiger partial charge is 0.243 e. The van der Waals surface area contributed by atoms with E-state index in [4.69, 9.17) is 0 Å². The van der Waals surface area contributed by atoms with Gasteiger partial charge in [-0.05, 0) is 38.0 Å². The van der Waals surface area contributed by atoms with E-state index in [2.05, 4.69) is 10.2 Å². The molecule has 1 aromatic heterocycles. The fourth-order valence-corrected chi connectivity index (χ4v) is 4.67. The number of hydrogen-bond acceptors (Lipinski definition) is 4. The first-order valence-corrected chi connectivity index (χ1v) is 9.13. The Kier molecular flexibility index (Phi) is 4.45. The molecule has 3 rings (SSSR count). The van der Waals surface area contributed by atoms with Gasteiger partial charge in [-0.1, -0.05) is 12.5 Å². The molecule has 1 fully saturated rings. The summed E-state index contributed by atoms with van der Waals surface area (Å²) in [5.41, 5.74) is 0. The van der Waals surface area contributed by atoms with Crippen molar-refractivity contribution in [3.63, 3.8) is 0 Å². The molecule has 0 unspecified atom stereocenters. The van der Waals surface area contributed by atoms with Crippen molar-refractivity contribution in [2.75, 3.05) is 6.54 Å². The van der Waals surface area contributed by atoms with Crippen LogP contribution in [0.1, 0.15) is 38.1 Å². The number of piperidine rings is 1. The van der Waals surface area contributed by atoms with E-state index in [0.717, 1.165) is 18.9 Å². The molecule has 1 saturated heterocycles. The molecule has 23 heavy (non-hydrogen) atoms. The molecule has 0 amide bonds. The van der Waals surface area contributed by atoms with E-state index in [9.17, 15) is 12.8 Å². The SMILES string of the molecule is CCn1cnnc1[C@@H]1CCCCN1S(=O)(=O)c1cccc(F)c1. The topological polar surface area (TPSA) is 68.1 Å². The number of sulfonamides is 1. The number of nitrogens with zero attached hydrogens (tertiary/aromatic N) is 4. The molecule has 2 heterocycles. The van der Waals surface area contributed by atoms with Crippen LogP contribution in [0.25, 0.3) is 0 Å². The number of aromatic nitrogens is 3. The molecule has 8 heteroatoms. The van der Waals surface area contributed by atoms with Crippen LogP contribution in [-0.4, -0.2) is 34.0 Å². The lowest BCUT2D eigenvalue weighted by molar-refractivity contribution is 0.241. The van der Waals surface area contributed by atoms with Crippen molar-refractivity contribution < 1.29 is 12.8 Å². The summed E-state index contributed by atoms with van der Waals surface area (Å²) in [7, 11) is -3.77. The van der Waals surface area contributed by atoms with Crippen molar-refractivity contribution in [1.29, 1.82) is 0 Å². The monoisotopic (exact) mass is 338 g/mol. The fourth-order valence-electron chi connectivity index (χ4n) is 2.98. The highest BCUT2D eigenvalue weighted by atomic mass is 32.2. The van der Waals surface area contributed by atoms with E-state index < -0.39 is 15.8 Å². The molecule has 6 nitrogen and oxygen atoms in total. The third kappa shape index (κ3) is 3.00. The highest BCUT2D eigenvalue weighted by Gasteiger charge is 2.36. The summed E-state index contributed by atoms with van der Waals surface area (Å²) < 4.78 is 42.6. The Balaban J connectivity index is 2.01. The molecule has 1 aliphatic heterocycles. The zero-order valence-electron chi connectivity index (χ0n) is 12.9. The molecule has 0 spiro atoms. The van der Waals surface area contributed by atoms with Crippen LogP contribution < -0.4 is 0 Å². The molecule has 2 aromatic rings. The van der Waals surface area contributed by atoms with Gasteiger partial charge in [0.1, 0.15) is 12.1 Å².